The molecule has 0 saturated heterocycles. The quantitative estimate of drug-likeness (QED) is 0.453. The molecule has 0 radical (unpaired) electrons. The lowest BCUT2D eigenvalue weighted by atomic mass is 10.1. The van der Waals surface area contributed by atoms with Gasteiger partial charge in [-0.15, -0.1) is 0 Å². The van der Waals surface area contributed by atoms with Crippen LogP contribution in [0.5, 0.6) is 11.5 Å². The first-order valence-electron chi connectivity index (χ1n) is 10.5. The Kier molecular flexibility index (Phi) is 5.07. The van der Waals surface area contributed by atoms with Crippen LogP contribution in [0.15, 0.2) is 73.1 Å². The van der Waals surface area contributed by atoms with E-state index in [1.165, 1.54) is 0 Å². The van der Waals surface area contributed by atoms with Crippen molar-refractivity contribution in [3.63, 3.8) is 0 Å². The minimum absolute atomic E-state index is 0.0226. The highest BCUT2D eigenvalue weighted by Crippen LogP contribution is 2.30. The molecule has 5 rings (SSSR count). The lowest BCUT2D eigenvalue weighted by molar-refractivity contribution is -0.117. The van der Waals surface area contributed by atoms with Crippen molar-refractivity contribution in [2.45, 2.75) is 19.8 Å². The summed E-state index contributed by atoms with van der Waals surface area (Å²) >= 11 is 0. The molecule has 1 fully saturated rings. The van der Waals surface area contributed by atoms with Crippen LogP contribution in [-0.4, -0.2) is 21.2 Å². The molecule has 1 aliphatic rings. The van der Waals surface area contributed by atoms with E-state index in [4.69, 9.17) is 4.74 Å². The number of amides is 2. The number of aromatic nitrogens is 2. The number of rotatable bonds is 6. The van der Waals surface area contributed by atoms with E-state index in [1.807, 2.05) is 49.4 Å². The summed E-state index contributed by atoms with van der Waals surface area (Å²) in [6.07, 6.45) is 5.46. The number of aryl methyl sites for hydroxylation is 1. The van der Waals surface area contributed by atoms with Gasteiger partial charge in [-0.25, -0.2) is 4.98 Å². The molecule has 2 amide bonds. The Bertz CT molecular complexity index is 1310. The van der Waals surface area contributed by atoms with Crippen molar-refractivity contribution in [1.29, 1.82) is 0 Å². The number of carbonyl (C=O) groups is 2. The van der Waals surface area contributed by atoms with Crippen molar-refractivity contribution in [3.05, 3.63) is 84.2 Å². The minimum Gasteiger partial charge on any atom is -0.456 e. The Morgan fingerprint density at radius 3 is 2.56 bits per heavy atom. The fraction of sp³-hybridized carbons (Fsp3) is 0.160. The third kappa shape index (κ3) is 4.46. The van der Waals surface area contributed by atoms with Gasteiger partial charge in [0, 0.05) is 23.2 Å². The Balaban J connectivity index is 1.28. The average molecular weight is 426 g/mol. The van der Waals surface area contributed by atoms with Crippen LogP contribution in [0.4, 0.5) is 11.5 Å². The molecular weight excluding hydrogens is 404 g/mol. The van der Waals surface area contributed by atoms with Crippen LogP contribution in [0.25, 0.3) is 5.65 Å². The molecule has 0 spiro atoms. The second-order valence-electron chi connectivity index (χ2n) is 7.97. The van der Waals surface area contributed by atoms with E-state index in [-0.39, 0.29) is 17.7 Å². The number of carbonyl (C=O) groups excluding carboxylic acids is 2. The van der Waals surface area contributed by atoms with Crippen molar-refractivity contribution in [2.75, 3.05) is 10.6 Å². The summed E-state index contributed by atoms with van der Waals surface area (Å²) in [7, 11) is 0. The standard InChI is InChI=1S/C25H22N4O3/c1-16-5-7-17(8-6-16)24(30)26-19-3-2-4-20(13-19)32-21-11-12-23-27-22(15-29(23)14-21)28-25(31)18-9-10-18/h2-8,11-15,18H,9-10H2,1H3,(H,26,30)(H,28,31). The van der Waals surface area contributed by atoms with Crippen molar-refractivity contribution < 1.29 is 14.3 Å². The summed E-state index contributed by atoms with van der Waals surface area (Å²) in [5.41, 5.74) is 3.05. The number of hydrogen-bond donors (Lipinski definition) is 2. The molecule has 0 atom stereocenters. The molecule has 160 valence electrons. The van der Waals surface area contributed by atoms with Gasteiger partial charge in [-0.3, -0.25) is 9.59 Å². The third-order valence-corrected chi connectivity index (χ3v) is 5.26. The Labute approximate surface area is 185 Å². The molecule has 1 aliphatic carbocycles. The molecule has 32 heavy (non-hydrogen) atoms. The number of nitrogens with one attached hydrogen (secondary N) is 2. The summed E-state index contributed by atoms with van der Waals surface area (Å²) in [5.74, 6) is 1.69. The molecule has 7 heteroatoms. The van der Waals surface area contributed by atoms with E-state index in [9.17, 15) is 9.59 Å². The molecule has 0 aliphatic heterocycles. The highest BCUT2D eigenvalue weighted by atomic mass is 16.5. The van der Waals surface area contributed by atoms with Crippen LogP contribution >= 0.6 is 0 Å². The van der Waals surface area contributed by atoms with Crippen LogP contribution < -0.4 is 15.4 Å². The predicted octanol–water partition coefficient (Wildman–Crippen LogP) is 5.04. The third-order valence-electron chi connectivity index (χ3n) is 5.26. The number of ether oxygens (including phenoxy) is 1. The predicted molar refractivity (Wildman–Crippen MR) is 122 cm³/mol. The van der Waals surface area contributed by atoms with Crippen LogP contribution in [0.3, 0.4) is 0 Å². The average Bonchev–Trinajstić information content (AvgIpc) is 3.55. The molecule has 4 aromatic rings. The lowest BCUT2D eigenvalue weighted by Crippen LogP contribution is -2.13. The first kappa shape index (κ1) is 19.8. The smallest absolute Gasteiger partial charge is 0.255 e. The van der Waals surface area contributed by atoms with Gasteiger partial charge in [0.2, 0.25) is 5.91 Å². The van der Waals surface area contributed by atoms with Gasteiger partial charge >= 0.3 is 0 Å². The van der Waals surface area contributed by atoms with Gasteiger partial charge in [0.1, 0.15) is 17.1 Å². The second kappa shape index (κ2) is 8.19. The van der Waals surface area contributed by atoms with Gasteiger partial charge in [0.05, 0.1) is 12.4 Å². The van der Waals surface area contributed by atoms with Crippen molar-refractivity contribution >= 4 is 29.0 Å². The minimum atomic E-state index is -0.178. The van der Waals surface area contributed by atoms with Crippen LogP contribution in [0, 0.1) is 12.8 Å². The first-order chi connectivity index (χ1) is 15.5. The number of fused-ring (bicyclic) bond motifs is 1. The Hall–Kier alpha value is -4.13. The molecule has 2 aromatic heterocycles. The van der Waals surface area contributed by atoms with Crippen molar-refractivity contribution in [1.82, 2.24) is 9.38 Å². The first-order valence-corrected chi connectivity index (χ1v) is 10.5. The van der Waals surface area contributed by atoms with E-state index in [0.717, 1.165) is 18.4 Å². The van der Waals surface area contributed by atoms with E-state index >= 15 is 0 Å². The van der Waals surface area contributed by atoms with Gasteiger partial charge in [0.15, 0.2) is 5.82 Å². The van der Waals surface area contributed by atoms with Gasteiger partial charge in [0.25, 0.3) is 5.91 Å². The zero-order valence-corrected chi connectivity index (χ0v) is 17.5. The van der Waals surface area contributed by atoms with Crippen molar-refractivity contribution in [2.24, 2.45) is 5.92 Å². The summed E-state index contributed by atoms with van der Waals surface area (Å²) < 4.78 is 7.79. The van der Waals surface area contributed by atoms with Crippen LogP contribution in [0.2, 0.25) is 0 Å². The van der Waals surface area contributed by atoms with Crippen LogP contribution in [-0.2, 0) is 4.79 Å². The molecule has 1 saturated carbocycles. The van der Waals surface area contributed by atoms with Gasteiger partial charge < -0.3 is 19.8 Å². The molecule has 0 bridgehead atoms. The molecule has 2 aromatic carbocycles. The summed E-state index contributed by atoms with van der Waals surface area (Å²) in [6.45, 7) is 1.98. The monoisotopic (exact) mass is 426 g/mol. The highest BCUT2D eigenvalue weighted by Gasteiger charge is 2.30. The number of nitrogens with zero attached hydrogens (tertiary/aromatic N) is 2. The fourth-order valence-electron chi connectivity index (χ4n) is 3.35. The number of pyridine rings is 1. The fourth-order valence-corrected chi connectivity index (χ4v) is 3.35. The van der Waals surface area contributed by atoms with Gasteiger partial charge in [-0.2, -0.15) is 0 Å². The van der Waals surface area contributed by atoms with E-state index in [2.05, 4.69) is 15.6 Å². The largest absolute Gasteiger partial charge is 0.456 e. The van der Waals surface area contributed by atoms with Crippen LogP contribution in [0.1, 0.15) is 28.8 Å². The summed E-state index contributed by atoms with van der Waals surface area (Å²) in [4.78, 5) is 28.9. The highest BCUT2D eigenvalue weighted by molar-refractivity contribution is 6.04. The number of imidazole rings is 1. The summed E-state index contributed by atoms with van der Waals surface area (Å²) in [5, 5.41) is 5.75. The number of benzene rings is 2. The van der Waals surface area contributed by atoms with E-state index in [1.54, 1.807) is 35.0 Å². The van der Waals surface area contributed by atoms with E-state index < -0.39 is 0 Å². The van der Waals surface area contributed by atoms with E-state index in [0.29, 0.717) is 34.2 Å². The Morgan fingerprint density at radius 1 is 0.969 bits per heavy atom. The number of hydrogen-bond acceptors (Lipinski definition) is 4. The summed E-state index contributed by atoms with van der Waals surface area (Å²) in [6, 6.07) is 18.3. The molecular formula is C25H22N4O3. The molecule has 2 N–H and O–H groups in total. The maximum Gasteiger partial charge on any atom is 0.255 e. The maximum atomic E-state index is 12.5. The zero-order valence-electron chi connectivity index (χ0n) is 17.5. The number of anilines is 2. The molecule has 2 heterocycles. The van der Waals surface area contributed by atoms with Crippen molar-refractivity contribution in [3.8, 4) is 11.5 Å². The normalized spacial score (nSPS) is 13.0. The Morgan fingerprint density at radius 2 is 1.78 bits per heavy atom. The topological polar surface area (TPSA) is 84.7 Å². The maximum absolute atomic E-state index is 12.5. The molecule has 0 unspecified atom stereocenters. The SMILES string of the molecule is Cc1ccc(C(=O)Nc2cccc(Oc3ccc4nc(NC(=O)C5CC5)cn4c3)c2)cc1. The van der Waals surface area contributed by atoms with Gasteiger partial charge in [-0.1, -0.05) is 23.8 Å². The van der Waals surface area contributed by atoms with Gasteiger partial charge in [-0.05, 0) is 56.2 Å². The second-order valence-corrected chi connectivity index (χ2v) is 7.97. The lowest BCUT2D eigenvalue weighted by Gasteiger charge is -2.09. The zero-order chi connectivity index (χ0) is 22.1. The molecule has 7 nitrogen and oxygen atoms in total.